The SMILES string of the molecule is c1ccc2c(c1)CCc1ccccc1C2=C1CCN(Cc2ccncc2)CC1. The van der Waals surface area contributed by atoms with Gasteiger partial charge in [-0.05, 0) is 71.2 Å². The molecule has 0 radical (unpaired) electrons. The molecule has 0 saturated carbocycles. The van der Waals surface area contributed by atoms with Gasteiger partial charge >= 0.3 is 0 Å². The molecular weight excluding hydrogens is 340 g/mol. The first-order chi connectivity index (χ1) is 13.9. The summed E-state index contributed by atoms with van der Waals surface area (Å²) in [5.41, 5.74) is 10.4. The van der Waals surface area contributed by atoms with E-state index in [0.29, 0.717) is 0 Å². The van der Waals surface area contributed by atoms with E-state index in [-0.39, 0.29) is 0 Å². The fraction of sp³-hybridized carbons (Fsp3) is 0.269. The molecule has 2 nitrogen and oxygen atoms in total. The van der Waals surface area contributed by atoms with Crippen LogP contribution in [0.4, 0.5) is 0 Å². The number of hydrogen-bond acceptors (Lipinski definition) is 2. The molecule has 28 heavy (non-hydrogen) atoms. The number of aromatic nitrogens is 1. The number of benzene rings is 2. The number of piperidine rings is 1. The first kappa shape index (κ1) is 17.4. The zero-order chi connectivity index (χ0) is 18.8. The Labute approximate surface area is 167 Å². The molecule has 0 unspecified atom stereocenters. The molecule has 1 aliphatic carbocycles. The van der Waals surface area contributed by atoms with E-state index >= 15 is 0 Å². The molecule has 2 heteroatoms. The summed E-state index contributed by atoms with van der Waals surface area (Å²) in [5.74, 6) is 0. The predicted octanol–water partition coefficient (Wildman–Crippen LogP) is 5.28. The number of fused-ring (bicyclic) bond motifs is 2. The van der Waals surface area contributed by atoms with Crippen molar-refractivity contribution in [3.05, 3.63) is 106 Å². The molecule has 1 fully saturated rings. The van der Waals surface area contributed by atoms with Gasteiger partial charge in [0, 0.05) is 32.0 Å². The smallest absolute Gasteiger partial charge is 0.0271 e. The number of pyridine rings is 1. The van der Waals surface area contributed by atoms with Gasteiger partial charge in [-0.25, -0.2) is 0 Å². The summed E-state index contributed by atoms with van der Waals surface area (Å²) in [6.45, 7) is 3.29. The van der Waals surface area contributed by atoms with Crippen LogP contribution in [0.3, 0.4) is 0 Å². The monoisotopic (exact) mass is 366 g/mol. The zero-order valence-electron chi connectivity index (χ0n) is 16.3. The maximum atomic E-state index is 4.14. The van der Waals surface area contributed by atoms with Gasteiger partial charge in [-0.2, -0.15) is 0 Å². The summed E-state index contributed by atoms with van der Waals surface area (Å²) in [7, 11) is 0. The predicted molar refractivity (Wildman–Crippen MR) is 115 cm³/mol. The Kier molecular flexibility index (Phi) is 4.80. The van der Waals surface area contributed by atoms with Gasteiger partial charge in [-0.3, -0.25) is 9.88 Å². The number of hydrogen-bond donors (Lipinski definition) is 0. The van der Waals surface area contributed by atoms with Gasteiger partial charge in [-0.1, -0.05) is 54.1 Å². The van der Waals surface area contributed by atoms with Crippen LogP contribution in [0.1, 0.15) is 40.7 Å². The summed E-state index contributed by atoms with van der Waals surface area (Å²) in [6.07, 6.45) is 8.38. The van der Waals surface area contributed by atoms with Crippen molar-refractivity contribution in [2.45, 2.75) is 32.2 Å². The van der Waals surface area contributed by atoms with E-state index in [2.05, 4.69) is 70.5 Å². The molecule has 1 aliphatic heterocycles. The molecule has 2 heterocycles. The van der Waals surface area contributed by atoms with Crippen LogP contribution >= 0.6 is 0 Å². The number of nitrogens with zero attached hydrogens (tertiary/aromatic N) is 2. The lowest BCUT2D eigenvalue weighted by Gasteiger charge is -2.30. The van der Waals surface area contributed by atoms with Crippen LogP contribution in [0.25, 0.3) is 5.57 Å². The van der Waals surface area contributed by atoms with Crippen molar-refractivity contribution in [1.82, 2.24) is 9.88 Å². The highest BCUT2D eigenvalue weighted by Crippen LogP contribution is 2.38. The molecule has 0 atom stereocenters. The molecule has 2 aromatic carbocycles. The lowest BCUT2D eigenvalue weighted by atomic mass is 9.86. The Bertz CT molecular complexity index is 944. The van der Waals surface area contributed by atoms with Crippen LogP contribution in [0.2, 0.25) is 0 Å². The third kappa shape index (κ3) is 3.41. The van der Waals surface area contributed by atoms with Crippen LogP contribution < -0.4 is 0 Å². The highest BCUT2D eigenvalue weighted by molar-refractivity contribution is 5.86. The van der Waals surface area contributed by atoms with Crippen molar-refractivity contribution in [3.8, 4) is 0 Å². The minimum atomic E-state index is 1.03. The lowest BCUT2D eigenvalue weighted by Crippen LogP contribution is -2.30. The summed E-state index contributed by atoms with van der Waals surface area (Å²) in [5, 5.41) is 0. The number of aryl methyl sites for hydroxylation is 2. The Morgan fingerprint density at radius 3 is 1.86 bits per heavy atom. The van der Waals surface area contributed by atoms with Gasteiger partial charge in [0.05, 0.1) is 0 Å². The summed E-state index contributed by atoms with van der Waals surface area (Å²) < 4.78 is 0. The van der Waals surface area contributed by atoms with Gasteiger partial charge in [0.1, 0.15) is 0 Å². The van der Waals surface area contributed by atoms with Crippen molar-refractivity contribution in [2.24, 2.45) is 0 Å². The summed E-state index contributed by atoms with van der Waals surface area (Å²) in [4.78, 5) is 6.71. The Balaban J connectivity index is 1.48. The zero-order valence-corrected chi connectivity index (χ0v) is 16.3. The first-order valence-corrected chi connectivity index (χ1v) is 10.4. The molecule has 2 aliphatic rings. The number of rotatable bonds is 2. The standard InChI is InChI=1S/C26H26N2/c1-3-7-24-21(5-1)9-10-22-6-2-4-8-25(22)26(24)23-13-17-28(18-14-23)19-20-11-15-27-16-12-20/h1-8,11-12,15-16H,9-10,13-14,17-19H2. The lowest BCUT2D eigenvalue weighted by molar-refractivity contribution is 0.248. The average molecular weight is 367 g/mol. The molecule has 5 rings (SSSR count). The van der Waals surface area contributed by atoms with E-state index in [0.717, 1.165) is 45.3 Å². The van der Waals surface area contributed by atoms with Crippen molar-refractivity contribution in [2.75, 3.05) is 13.1 Å². The minimum absolute atomic E-state index is 1.03. The quantitative estimate of drug-likeness (QED) is 0.613. The fourth-order valence-electron chi connectivity index (χ4n) is 4.74. The van der Waals surface area contributed by atoms with E-state index in [1.807, 2.05) is 12.4 Å². The highest BCUT2D eigenvalue weighted by atomic mass is 15.1. The molecule has 1 saturated heterocycles. The van der Waals surface area contributed by atoms with Crippen molar-refractivity contribution in [3.63, 3.8) is 0 Å². The van der Waals surface area contributed by atoms with E-state index in [4.69, 9.17) is 0 Å². The van der Waals surface area contributed by atoms with Crippen LogP contribution in [0, 0.1) is 0 Å². The van der Waals surface area contributed by atoms with E-state index in [1.165, 1.54) is 33.4 Å². The maximum Gasteiger partial charge on any atom is 0.0271 e. The Morgan fingerprint density at radius 1 is 0.679 bits per heavy atom. The Hall–Kier alpha value is -2.71. The van der Waals surface area contributed by atoms with E-state index in [9.17, 15) is 0 Å². The largest absolute Gasteiger partial charge is 0.298 e. The van der Waals surface area contributed by atoms with Gasteiger partial charge in [-0.15, -0.1) is 0 Å². The Morgan fingerprint density at radius 2 is 1.25 bits per heavy atom. The molecule has 140 valence electrons. The topological polar surface area (TPSA) is 16.1 Å². The third-order valence-corrected chi connectivity index (χ3v) is 6.21. The van der Waals surface area contributed by atoms with Crippen LogP contribution in [0.5, 0.6) is 0 Å². The van der Waals surface area contributed by atoms with Gasteiger partial charge < -0.3 is 0 Å². The van der Waals surface area contributed by atoms with Crippen LogP contribution in [-0.2, 0) is 19.4 Å². The summed E-state index contributed by atoms with van der Waals surface area (Å²) in [6, 6.07) is 22.4. The van der Waals surface area contributed by atoms with Gasteiger partial charge in [0.25, 0.3) is 0 Å². The average Bonchev–Trinajstić information content (AvgIpc) is 2.92. The second-order valence-electron chi connectivity index (χ2n) is 7.92. The maximum absolute atomic E-state index is 4.14. The molecule has 1 aromatic heterocycles. The third-order valence-electron chi connectivity index (χ3n) is 6.21. The molecule has 0 N–H and O–H groups in total. The van der Waals surface area contributed by atoms with Crippen LogP contribution in [0.15, 0.2) is 78.6 Å². The molecule has 3 aromatic rings. The number of likely N-dealkylation sites (tertiary alicyclic amines) is 1. The minimum Gasteiger partial charge on any atom is -0.298 e. The second kappa shape index (κ2) is 7.73. The van der Waals surface area contributed by atoms with Gasteiger partial charge in [0.15, 0.2) is 0 Å². The molecule has 0 spiro atoms. The van der Waals surface area contributed by atoms with Crippen LogP contribution in [-0.4, -0.2) is 23.0 Å². The van der Waals surface area contributed by atoms with Crippen molar-refractivity contribution >= 4 is 5.57 Å². The van der Waals surface area contributed by atoms with Crippen molar-refractivity contribution in [1.29, 1.82) is 0 Å². The highest BCUT2D eigenvalue weighted by Gasteiger charge is 2.23. The fourth-order valence-corrected chi connectivity index (χ4v) is 4.74. The normalized spacial score (nSPS) is 17.0. The molecular formula is C26H26N2. The van der Waals surface area contributed by atoms with Crippen molar-refractivity contribution < 1.29 is 0 Å². The van der Waals surface area contributed by atoms with Gasteiger partial charge in [0.2, 0.25) is 0 Å². The molecule has 0 amide bonds. The van der Waals surface area contributed by atoms with E-state index < -0.39 is 0 Å². The second-order valence-corrected chi connectivity index (χ2v) is 7.92. The van der Waals surface area contributed by atoms with E-state index in [1.54, 1.807) is 5.57 Å². The molecule has 0 bridgehead atoms. The first-order valence-electron chi connectivity index (χ1n) is 10.4. The summed E-state index contributed by atoms with van der Waals surface area (Å²) >= 11 is 0.